The Morgan fingerprint density at radius 1 is 1.00 bits per heavy atom. The van der Waals surface area contributed by atoms with Crippen LogP contribution in [0, 0.1) is 0 Å². The van der Waals surface area contributed by atoms with Gasteiger partial charge in [-0.05, 0) is 0 Å². The van der Waals surface area contributed by atoms with Crippen molar-refractivity contribution in [3.63, 3.8) is 0 Å². The molecule has 0 nitrogen and oxygen atoms in total. The predicted molar refractivity (Wildman–Crippen MR) is 61.5 cm³/mol. The fraction of sp³-hybridized carbons (Fsp3) is 0.875. The Morgan fingerprint density at radius 2 is 1.30 bits per heavy atom. The van der Waals surface area contributed by atoms with Gasteiger partial charge in [0.05, 0.1) is 0 Å². The summed E-state index contributed by atoms with van der Waals surface area (Å²) in [5.74, 6) is 0. The molecule has 0 aromatic heterocycles. The Balaban J connectivity index is 4.85. The van der Waals surface area contributed by atoms with Gasteiger partial charge in [-0.2, -0.15) is 0 Å². The third-order valence-corrected chi connectivity index (χ3v) is 10.3. The van der Waals surface area contributed by atoms with Crippen molar-refractivity contribution in [3.05, 3.63) is 0 Å². The van der Waals surface area contributed by atoms with Crippen molar-refractivity contribution >= 4 is 19.2 Å². The second kappa shape index (κ2) is 3.00. The van der Waals surface area contributed by atoms with E-state index in [2.05, 4.69) is 46.9 Å². The Kier molecular flexibility index (Phi) is 3.22. The molecule has 0 radical (unpaired) electrons. The molecule has 0 fully saturated rings. The number of rotatable bonds is 1. The summed E-state index contributed by atoms with van der Waals surface area (Å²) in [7, 11) is -0.930. The van der Waals surface area contributed by atoms with E-state index in [9.17, 15) is 0 Å². The van der Waals surface area contributed by atoms with E-state index in [0.29, 0.717) is 0 Å². The summed E-state index contributed by atoms with van der Waals surface area (Å²) in [5, 5.41) is 1.82. The SMILES string of the molecule is CC(=P(C)(C)C)[PH](C)(C)C. The van der Waals surface area contributed by atoms with Crippen LogP contribution < -0.4 is 0 Å². The molecule has 0 amide bonds. The molecule has 10 heavy (non-hydrogen) atoms. The fourth-order valence-corrected chi connectivity index (χ4v) is 9.06. The fourth-order valence-electron chi connectivity index (χ4n) is 1.01. The Labute approximate surface area is 66.7 Å². The summed E-state index contributed by atoms with van der Waals surface area (Å²) < 4.78 is 0. The molecule has 0 N–H and O–H groups in total. The van der Waals surface area contributed by atoms with E-state index in [1.165, 1.54) is 0 Å². The van der Waals surface area contributed by atoms with Gasteiger partial charge >= 0.3 is 66.1 Å². The van der Waals surface area contributed by atoms with Crippen LogP contribution in [0.15, 0.2) is 0 Å². The topological polar surface area (TPSA) is 0 Å². The molecule has 0 spiro atoms. The summed E-state index contributed by atoms with van der Waals surface area (Å²) in [6, 6.07) is 0. The molecule has 0 rings (SSSR count). The summed E-state index contributed by atoms with van der Waals surface area (Å²) >= 11 is 0. The second-order valence-corrected chi connectivity index (χ2v) is 15.2. The van der Waals surface area contributed by atoms with Gasteiger partial charge in [-0.25, -0.2) is 0 Å². The molecule has 0 atom stereocenters. The van der Waals surface area contributed by atoms with Crippen molar-refractivity contribution in [2.75, 3.05) is 40.0 Å². The van der Waals surface area contributed by atoms with Crippen LogP contribution in [0.5, 0.6) is 0 Å². The zero-order valence-electron chi connectivity index (χ0n) is 8.45. The van der Waals surface area contributed by atoms with E-state index in [1.54, 1.807) is 0 Å². The van der Waals surface area contributed by atoms with Crippen molar-refractivity contribution in [2.45, 2.75) is 6.92 Å². The van der Waals surface area contributed by atoms with Gasteiger partial charge in [0, 0.05) is 0 Å². The van der Waals surface area contributed by atoms with Crippen LogP contribution in [0.25, 0.3) is 0 Å². The number of hydrogen-bond acceptors (Lipinski definition) is 0. The molecule has 0 aromatic rings. The maximum absolute atomic E-state index is 2.44. The van der Waals surface area contributed by atoms with Gasteiger partial charge in [0.15, 0.2) is 0 Å². The molecule has 0 unspecified atom stereocenters. The first-order chi connectivity index (χ1) is 4.15. The quantitative estimate of drug-likeness (QED) is 0.544. The summed E-state index contributed by atoms with van der Waals surface area (Å²) in [6.45, 7) is 16.3. The van der Waals surface area contributed by atoms with Crippen molar-refractivity contribution in [1.82, 2.24) is 0 Å². The first-order valence-corrected chi connectivity index (χ1v) is 10.4. The molecule has 0 heterocycles. The van der Waals surface area contributed by atoms with Crippen molar-refractivity contribution in [3.8, 4) is 0 Å². The van der Waals surface area contributed by atoms with Crippen molar-refractivity contribution < 1.29 is 0 Å². The molecule has 64 valence electrons. The van der Waals surface area contributed by atoms with E-state index in [1.807, 2.05) is 5.03 Å². The standard InChI is InChI=1S/C8H22P2/c1-8(9(2,3)4)10(5,6)7/h9H,1-7H3. The van der Waals surface area contributed by atoms with Crippen molar-refractivity contribution in [1.29, 1.82) is 0 Å². The molecule has 2 heteroatoms. The predicted octanol–water partition coefficient (Wildman–Crippen LogP) is 2.68. The van der Waals surface area contributed by atoms with E-state index < -0.39 is 14.1 Å². The molecular weight excluding hydrogens is 158 g/mol. The van der Waals surface area contributed by atoms with Gasteiger partial charge in [-0.3, -0.25) is 0 Å². The summed E-state index contributed by atoms with van der Waals surface area (Å²) in [6.07, 6.45) is 0. The van der Waals surface area contributed by atoms with Crippen LogP contribution in [0.2, 0.25) is 0 Å². The van der Waals surface area contributed by atoms with E-state index >= 15 is 0 Å². The van der Waals surface area contributed by atoms with Crippen LogP contribution in [0.1, 0.15) is 6.92 Å². The average molecular weight is 180 g/mol. The monoisotopic (exact) mass is 180 g/mol. The van der Waals surface area contributed by atoms with Gasteiger partial charge < -0.3 is 0 Å². The van der Waals surface area contributed by atoms with Crippen LogP contribution in [-0.4, -0.2) is 45.0 Å². The zero-order chi connectivity index (χ0) is 8.58. The Morgan fingerprint density at radius 3 is 1.30 bits per heavy atom. The average Bonchev–Trinajstić information content (AvgIpc) is 1.59. The Bertz CT molecular complexity index is 158. The molecule has 0 saturated carbocycles. The molecular formula is C8H22P2. The van der Waals surface area contributed by atoms with Gasteiger partial charge in [-0.15, -0.1) is 0 Å². The van der Waals surface area contributed by atoms with E-state index in [0.717, 1.165) is 0 Å². The van der Waals surface area contributed by atoms with Gasteiger partial charge in [-0.1, -0.05) is 0 Å². The molecule has 0 aliphatic heterocycles. The molecule has 0 saturated heterocycles. The summed E-state index contributed by atoms with van der Waals surface area (Å²) in [5.41, 5.74) is 0. The second-order valence-electron chi connectivity index (χ2n) is 4.85. The van der Waals surface area contributed by atoms with Crippen LogP contribution >= 0.6 is 14.1 Å². The first-order valence-electron chi connectivity index (χ1n) is 3.82. The van der Waals surface area contributed by atoms with Crippen molar-refractivity contribution in [2.24, 2.45) is 0 Å². The molecule has 0 aliphatic carbocycles. The first kappa shape index (κ1) is 10.7. The van der Waals surface area contributed by atoms with Crippen LogP contribution in [0.4, 0.5) is 0 Å². The molecule has 0 aromatic carbocycles. The van der Waals surface area contributed by atoms with E-state index in [-0.39, 0.29) is 0 Å². The number of hydrogen-bond donors (Lipinski definition) is 0. The third-order valence-electron chi connectivity index (χ3n) is 2.09. The molecule has 0 aliphatic rings. The zero-order valence-corrected chi connectivity index (χ0v) is 10.3. The van der Waals surface area contributed by atoms with Crippen LogP contribution in [0.3, 0.4) is 0 Å². The normalized spacial score (nSPS) is 15.1. The van der Waals surface area contributed by atoms with Crippen LogP contribution in [-0.2, 0) is 0 Å². The minimum atomic E-state index is -0.930. The third kappa shape index (κ3) is 3.22. The maximum atomic E-state index is 2.44. The minimum absolute atomic E-state index is 0.650. The summed E-state index contributed by atoms with van der Waals surface area (Å²) in [4.78, 5) is 0. The van der Waals surface area contributed by atoms with Gasteiger partial charge in [0.2, 0.25) is 0 Å². The Hall–Kier alpha value is 0.730. The van der Waals surface area contributed by atoms with E-state index in [4.69, 9.17) is 0 Å². The molecule has 0 bridgehead atoms. The van der Waals surface area contributed by atoms with Gasteiger partial charge in [0.1, 0.15) is 0 Å². The van der Waals surface area contributed by atoms with Gasteiger partial charge in [0.25, 0.3) is 0 Å².